The predicted octanol–water partition coefficient (Wildman–Crippen LogP) is 1.89. The molecule has 3 N–H and O–H groups in total. The maximum absolute atomic E-state index is 11.7. The smallest absolute Gasteiger partial charge is 0.338 e. The Morgan fingerprint density at radius 1 is 1.41 bits per heavy atom. The maximum Gasteiger partial charge on any atom is 0.338 e. The molecule has 0 radical (unpaired) electrons. The molecule has 0 aliphatic heterocycles. The summed E-state index contributed by atoms with van der Waals surface area (Å²) in [5, 5.41) is 3.21. The van der Waals surface area contributed by atoms with E-state index in [-0.39, 0.29) is 0 Å². The molecule has 0 amide bonds. The van der Waals surface area contributed by atoms with Gasteiger partial charge in [-0.05, 0) is 19.1 Å². The average Bonchev–Trinajstić information content (AvgIpc) is 3.00. The molecule has 2 aromatic rings. The van der Waals surface area contributed by atoms with Crippen LogP contribution in [-0.2, 0) is 17.8 Å². The Kier molecular flexibility index (Phi) is 4.88. The van der Waals surface area contributed by atoms with Gasteiger partial charge in [-0.2, -0.15) is 0 Å². The summed E-state index contributed by atoms with van der Waals surface area (Å²) in [6, 6.07) is 3.21. The number of ether oxygens (including phenoxy) is 2. The van der Waals surface area contributed by atoms with Crippen LogP contribution in [0.25, 0.3) is 0 Å². The minimum atomic E-state index is -0.444. The first-order valence-electron chi connectivity index (χ1n) is 6.89. The number of nitrogen functional groups attached to an aromatic ring is 1. The highest BCUT2D eigenvalue weighted by Gasteiger charge is 2.14. The first-order chi connectivity index (χ1) is 10.6. The van der Waals surface area contributed by atoms with Gasteiger partial charge in [0.05, 0.1) is 49.7 Å². The van der Waals surface area contributed by atoms with Crippen molar-refractivity contribution in [3.8, 4) is 5.75 Å². The fraction of sp³-hybridized carbons (Fsp3) is 0.333. The number of nitrogens with one attached hydrogen (secondary N) is 1. The van der Waals surface area contributed by atoms with Crippen LogP contribution in [0.2, 0.25) is 0 Å². The summed E-state index contributed by atoms with van der Waals surface area (Å²) in [7, 11) is 2.83. The van der Waals surface area contributed by atoms with E-state index in [1.54, 1.807) is 24.7 Å². The van der Waals surface area contributed by atoms with Crippen LogP contribution in [0.3, 0.4) is 0 Å². The molecule has 0 aliphatic rings. The molecule has 7 nitrogen and oxygen atoms in total. The van der Waals surface area contributed by atoms with Crippen LogP contribution in [-0.4, -0.2) is 29.7 Å². The van der Waals surface area contributed by atoms with Crippen LogP contribution < -0.4 is 15.8 Å². The minimum absolute atomic E-state index is 0.375. The van der Waals surface area contributed by atoms with Gasteiger partial charge in [0, 0.05) is 12.7 Å². The van der Waals surface area contributed by atoms with Crippen LogP contribution in [0.15, 0.2) is 24.7 Å². The van der Waals surface area contributed by atoms with Gasteiger partial charge in [0.2, 0.25) is 0 Å². The zero-order valence-corrected chi connectivity index (χ0v) is 12.9. The van der Waals surface area contributed by atoms with Gasteiger partial charge in [-0.1, -0.05) is 0 Å². The molecule has 7 heteroatoms. The van der Waals surface area contributed by atoms with E-state index in [0.717, 1.165) is 12.2 Å². The number of nitrogens with two attached hydrogens (primary N) is 1. The Hall–Kier alpha value is -2.70. The second-order valence-electron chi connectivity index (χ2n) is 4.66. The molecule has 0 saturated carbocycles. The molecule has 0 fully saturated rings. The van der Waals surface area contributed by atoms with E-state index < -0.39 is 5.97 Å². The molecule has 1 aromatic carbocycles. The third kappa shape index (κ3) is 3.13. The summed E-state index contributed by atoms with van der Waals surface area (Å²) in [5.41, 5.74) is 8.50. The fourth-order valence-electron chi connectivity index (χ4n) is 2.14. The van der Waals surface area contributed by atoms with Crippen molar-refractivity contribution in [3.63, 3.8) is 0 Å². The monoisotopic (exact) mass is 304 g/mol. The number of aromatic nitrogens is 2. The zero-order valence-electron chi connectivity index (χ0n) is 12.9. The van der Waals surface area contributed by atoms with E-state index >= 15 is 0 Å². The lowest BCUT2D eigenvalue weighted by molar-refractivity contribution is 0.0600. The lowest BCUT2D eigenvalue weighted by Crippen LogP contribution is -2.10. The number of anilines is 2. The Morgan fingerprint density at radius 3 is 2.82 bits per heavy atom. The van der Waals surface area contributed by atoms with Gasteiger partial charge >= 0.3 is 5.97 Å². The van der Waals surface area contributed by atoms with E-state index in [1.807, 2.05) is 11.5 Å². The number of carbonyl (C=O) groups excluding carboxylic acids is 1. The normalized spacial score (nSPS) is 10.3. The highest BCUT2D eigenvalue weighted by molar-refractivity contribution is 5.93. The zero-order chi connectivity index (χ0) is 16.1. The first-order valence-corrected chi connectivity index (χ1v) is 6.89. The topological polar surface area (TPSA) is 91.4 Å². The van der Waals surface area contributed by atoms with Crippen molar-refractivity contribution in [2.75, 3.05) is 25.3 Å². The van der Waals surface area contributed by atoms with Crippen molar-refractivity contribution < 1.29 is 14.3 Å². The standard InChI is InChI=1S/C15H20N4O3/c1-4-19-9-17-7-11(19)8-18-12-5-10(15(20)22-3)6-13(21-2)14(12)16/h5-7,9,18H,4,8,16H2,1-3H3. The number of rotatable bonds is 6. The molecule has 118 valence electrons. The number of hydrogen-bond donors (Lipinski definition) is 2. The highest BCUT2D eigenvalue weighted by Crippen LogP contribution is 2.32. The van der Waals surface area contributed by atoms with Crippen molar-refractivity contribution in [1.82, 2.24) is 9.55 Å². The summed E-state index contributed by atoms with van der Waals surface area (Å²) in [5.74, 6) is -0.0191. The van der Waals surface area contributed by atoms with Crippen LogP contribution in [0.5, 0.6) is 5.75 Å². The Bertz CT molecular complexity index is 667. The molecule has 0 spiro atoms. The second-order valence-corrected chi connectivity index (χ2v) is 4.66. The van der Waals surface area contributed by atoms with Gasteiger partial charge < -0.3 is 25.1 Å². The average molecular weight is 304 g/mol. The number of methoxy groups -OCH3 is 2. The summed E-state index contributed by atoms with van der Waals surface area (Å²) in [6.07, 6.45) is 3.56. The number of aryl methyl sites for hydroxylation is 1. The van der Waals surface area contributed by atoms with Gasteiger partial charge in [0.1, 0.15) is 5.75 Å². The van der Waals surface area contributed by atoms with Gasteiger partial charge in [-0.25, -0.2) is 9.78 Å². The number of carbonyl (C=O) groups is 1. The SMILES string of the molecule is CCn1cncc1CNc1cc(C(=O)OC)cc(OC)c1N. The molecule has 2 rings (SSSR count). The van der Waals surface area contributed by atoms with Gasteiger partial charge in [0.25, 0.3) is 0 Å². The van der Waals surface area contributed by atoms with E-state index in [9.17, 15) is 4.79 Å². The summed E-state index contributed by atoms with van der Waals surface area (Å²) >= 11 is 0. The summed E-state index contributed by atoms with van der Waals surface area (Å²) < 4.78 is 12.0. The molecular formula is C15H20N4O3. The first kappa shape index (κ1) is 15.7. The predicted molar refractivity (Wildman–Crippen MR) is 84.0 cm³/mol. The minimum Gasteiger partial charge on any atom is -0.494 e. The quantitative estimate of drug-likeness (QED) is 0.625. The van der Waals surface area contributed by atoms with E-state index in [4.69, 9.17) is 15.2 Å². The van der Waals surface area contributed by atoms with Crippen molar-refractivity contribution in [2.45, 2.75) is 20.0 Å². The molecular weight excluding hydrogens is 284 g/mol. The number of nitrogens with zero attached hydrogens (tertiary/aromatic N) is 2. The Morgan fingerprint density at radius 2 is 2.18 bits per heavy atom. The molecule has 1 aromatic heterocycles. The Balaban J connectivity index is 2.27. The molecule has 0 bridgehead atoms. The highest BCUT2D eigenvalue weighted by atomic mass is 16.5. The second kappa shape index (κ2) is 6.84. The third-order valence-electron chi connectivity index (χ3n) is 3.38. The molecule has 0 unspecified atom stereocenters. The third-order valence-corrected chi connectivity index (χ3v) is 3.38. The van der Waals surface area contributed by atoms with Gasteiger partial charge in [-0.15, -0.1) is 0 Å². The molecule has 0 aliphatic carbocycles. The number of hydrogen-bond acceptors (Lipinski definition) is 6. The van der Waals surface area contributed by atoms with Crippen LogP contribution in [0.4, 0.5) is 11.4 Å². The van der Waals surface area contributed by atoms with Crippen LogP contribution in [0.1, 0.15) is 23.0 Å². The van der Waals surface area contributed by atoms with E-state index in [1.165, 1.54) is 14.2 Å². The fourth-order valence-corrected chi connectivity index (χ4v) is 2.14. The maximum atomic E-state index is 11.7. The van der Waals surface area contributed by atoms with E-state index in [0.29, 0.717) is 29.2 Å². The molecule has 0 atom stereocenters. The van der Waals surface area contributed by atoms with Crippen molar-refractivity contribution in [1.29, 1.82) is 0 Å². The number of imidazole rings is 1. The van der Waals surface area contributed by atoms with Crippen LogP contribution in [0, 0.1) is 0 Å². The van der Waals surface area contributed by atoms with Crippen molar-refractivity contribution >= 4 is 17.3 Å². The number of benzene rings is 1. The van der Waals surface area contributed by atoms with Crippen LogP contribution >= 0.6 is 0 Å². The van der Waals surface area contributed by atoms with Gasteiger partial charge in [0.15, 0.2) is 0 Å². The lowest BCUT2D eigenvalue weighted by atomic mass is 10.1. The molecule has 1 heterocycles. The summed E-state index contributed by atoms with van der Waals surface area (Å²) in [6.45, 7) is 3.41. The van der Waals surface area contributed by atoms with Crippen molar-refractivity contribution in [3.05, 3.63) is 35.9 Å². The molecule has 22 heavy (non-hydrogen) atoms. The summed E-state index contributed by atoms with van der Waals surface area (Å²) in [4.78, 5) is 15.8. The van der Waals surface area contributed by atoms with E-state index in [2.05, 4.69) is 10.3 Å². The lowest BCUT2D eigenvalue weighted by Gasteiger charge is -2.14. The largest absolute Gasteiger partial charge is 0.494 e. The molecule has 0 saturated heterocycles. The Labute approximate surface area is 129 Å². The van der Waals surface area contributed by atoms with Gasteiger partial charge in [-0.3, -0.25) is 0 Å². The number of esters is 1. The van der Waals surface area contributed by atoms with Crippen molar-refractivity contribution in [2.24, 2.45) is 0 Å².